The van der Waals surface area contributed by atoms with Gasteiger partial charge in [-0.25, -0.2) is 0 Å². The number of benzene rings is 1. The summed E-state index contributed by atoms with van der Waals surface area (Å²) in [5.41, 5.74) is 6.59. The molecule has 20 heavy (non-hydrogen) atoms. The van der Waals surface area contributed by atoms with Crippen molar-refractivity contribution >= 4 is 0 Å². The zero-order valence-corrected chi connectivity index (χ0v) is 11.7. The maximum Gasteiger partial charge on any atom is 0.119 e. The van der Waals surface area contributed by atoms with Gasteiger partial charge in [-0.2, -0.15) is 0 Å². The Morgan fingerprint density at radius 2 is 2.10 bits per heavy atom. The number of nitrogens with zero attached hydrogens (tertiary/aromatic N) is 1. The van der Waals surface area contributed by atoms with Crippen LogP contribution in [0.3, 0.4) is 0 Å². The predicted octanol–water partition coefficient (Wildman–Crippen LogP) is 0.342. The van der Waals surface area contributed by atoms with Gasteiger partial charge in [0.2, 0.25) is 0 Å². The van der Waals surface area contributed by atoms with Crippen molar-refractivity contribution in [2.75, 3.05) is 26.3 Å². The molecule has 0 aliphatic carbocycles. The molecular formula is C15H24N2O3. The van der Waals surface area contributed by atoms with Crippen LogP contribution in [0.25, 0.3) is 0 Å². The van der Waals surface area contributed by atoms with Crippen LogP contribution in [0.4, 0.5) is 0 Å². The van der Waals surface area contributed by atoms with Crippen LogP contribution < -0.4 is 10.5 Å². The summed E-state index contributed by atoms with van der Waals surface area (Å²) < 4.78 is 5.57. The van der Waals surface area contributed by atoms with Gasteiger partial charge in [-0.3, -0.25) is 4.90 Å². The summed E-state index contributed by atoms with van der Waals surface area (Å²) in [6.07, 6.45) is 1.54. The highest BCUT2D eigenvalue weighted by Crippen LogP contribution is 2.17. The average Bonchev–Trinajstić information content (AvgIpc) is 2.92. The maximum atomic E-state index is 10.0. The molecule has 1 saturated heterocycles. The van der Waals surface area contributed by atoms with E-state index in [4.69, 9.17) is 10.5 Å². The predicted molar refractivity (Wildman–Crippen MR) is 77.5 cm³/mol. The molecule has 0 bridgehead atoms. The zero-order valence-electron chi connectivity index (χ0n) is 11.7. The zero-order chi connectivity index (χ0) is 14.4. The number of nitrogens with two attached hydrogens (primary N) is 1. The van der Waals surface area contributed by atoms with Crippen molar-refractivity contribution < 1.29 is 14.9 Å². The third-order valence-corrected chi connectivity index (χ3v) is 3.76. The first-order chi connectivity index (χ1) is 9.72. The molecule has 112 valence electrons. The molecule has 5 heteroatoms. The number of hydrogen-bond acceptors (Lipinski definition) is 5. The van der Waals surface area contributed by atoms with Gasteiger partial charge in [-0.05, 0) is 37.1 Å². The van der Waals surface area contributed by atoms with Crippen molar-refractivity contribution in [3.63, 3.8) is 0 Å². The quantitative estimate of drug-likeness (QED) is 0.671. The van der Waals surface area contributed by atoms with Crippen molar-refractivity contribution in [2.45, 2.75) is 31.5 Å². The summed E-state index contributed by atoms with van der Waals surface area (Å²) in [7, 11) is 0. The number of hydrogen-bond donors (Lipinski definition) is 3. The molecule has 1 aromatic carbocycles. The van der Waals surface area contributed by atoms with E-state index < -0.39 is 6.10 Å². The lowest BCUT2D eigenvalue weighted by molar-refractivity contribution is 0.0532. The second kappa shape index (κ2) is 7.59. The van der Waals surface area contributed by atoms with Gasteiger partial charge in [0.05, 0.1) is 6.61 Å². The Balaban J connectivity index is 1.75. The molecule has 0 aromatic heterocycles. The minimum Gasteiger partial charge on any atom is -0.491 e. The van der Waals surface area contributed by atoms with Crippen molar-refractivity contribution in [3.8, 4) is 5.75 Å². The third-order valence-electron chi connectivity index (χ3n) is 3.76. The number of aliphatic hydroxyl groups is 2. The standard InChI is InChI=1S/C15H24N2O3/c16-8-12-3-5-15(6-4-12)20-11-14(19)9-17-7-1-2-13(17)10-18/h3-6,13-14,18-19H,1-2,7-11,16H2. The largest absolute Gasteiger partial charge is 0.491 e. The number of β-amino-alcohol motifs (C(OH)–C–C–N with tert-alkyl or cyclic N) is 1. The minimum atomic E-state index is -0.545. The molecule has 4 N–H and O–H groups in total. The van der Waals surface area contributed by atoms with Crippen molar-refractivity contribution in [3.05, 3.63) is 29.8 Å². The fourth-order valence-electron chi connectivity index (χ4n) is 2.58. The minimum absolute atomic E-state index is 0.161. The van der Waals surface area contributed by atoms with E-state index in [-0.39, 0.29) is 19.3 Å². The van der Waals surface area contributed by atoms with Gasteiger partial charge in [0, 0.05) is 19.1 Å². The van der Waals surface area contributed by atoms with E-state index >= 15 is 0 Å². The van der Waals surface area contributed by atoms with Crippen molar-refractivity contribution in [1.29, 1.82) is 0 Å². The molecule has 1 fully saturated rings. The van der Waals surface area contributed by atoms with Crippen molar-refractivity contribution in [2.24, 2.45) is 5.73 Å². The number of ether oxygens (including phenoxy) is 1. The van der Waals surface area contributed by atoms with Crippen LogP contribution >= 0.6 is 0 Å². The van der Waals surface area contributed by atoms with Crippen LogP contribution in [-0.2, 0) is 6.54 Å². The van der Waals surface area contributed by atoms with Gasteiger partial charge in [0.25, 0.3) is 0 Å². The molecule has 1 aromatic rings. The van der Waals surface area contributed by atoms with Gasteiger partial charge in [-0.15, -0.1) is 0 Å². The Labute approximate surface area is 120 Å². The highest BCUT2D eigenvalue weighted by Gasteiger charge is 2.25. The lowest BCUT2D eigenvalue weighted by atomic mass is 10.2. The summed E-state index contributed by atoms with van der Waals surface area (Å²) in [6.45, 7) is 2.42. The van der Waals surface area contributed by atoms with Gasteiger partial charge >= 0.3 is 0 Å². The topological polar surface area (TPSA) is 79.0 Å². The smallest absolute Gasteiger partial charge is 0.119 e. The summed E-state index contributed by atoms with van der Waals surface area (Å²) in [5, 5.41) is 19.3. The molecule has 2 unspecified atom stereocenters. The lowest BCUT2D eigenvalue weighted by Gasteiger charge is -2.25. The molecule has 1 aliphatic heterocycles. The summed E-state index contributed by atoms with van der Waals surface area (Å²) >= 11 is 0. The summed E-state index contributed by atoms with van der Waals surface area (Å²) in [6, 6.07) is 7.75. The van der Waals surface area contributed by atoms with E-state index in [0.717, 1.165) is 30.7 Å². The second-order valence-corrected chi connectivity index (χ2v) is 5.29. The lowest BCUT2D eigenvalue weighted by Crippen LogP contribution is -2.40. The average molecular weight is 280 g/mol. The second-order valence-electron chi connectivity index (χ2n) is 5.29. The van der Waals surface area contributed by atoms with E-state index in [1.807, 2.05) is 24.3 Å². The summed E-state index contributed by atoms with van der Waals surface area (Å²) in [4.78, 5) is 2.13. The number of aliphatic hydroxyl groups excluding tert-OH is 2. The first-order valence-electron chi connectivity index (χ1n) is 7.17. The molecule has 0 amide bonds. The van der Waals surface area contributed by atoms with Crippen LogP contribution in [0.15, 0.2) is 24.3 Å². The molecule has 2 rings (SSSR count). The Hall–Kier alpha value is -1.14. The van der Waals surface area contributed by atoms with Gasteiger partial charge in [0.15, 0.2) is 0 Å². The maximum absolute atomic E-state index is 10.0. The first kappa shape index (κ1) is 15.3. The van der Waals surface area contributed by atoms with Gasteiger partial charge in [0.1, 0.15) is 18.5 Å². The normalized spacial score (nSPS) is 21.1. The fraction of sp³-hybridized carbons (Fsp3) is 0.600. The molecule has 1 heterocycles. The monoisotopic (exact) mass is 280 g/mol. The highest BCUT2D eigenvalue weighted by molar-refractivity contribution is 5.27. The Morgan fingerprint density at radius 1 is 1.35 bits per heavy atom. The van der Waals surface area contributed by atoms with Crippen LogP contribution in [-0.4, -0.2) is 53.6 Å². The SMILES string of the molecule is NCc1ccc(OCC(O)CN2CCCC2CO)cc1. The fourth-order valence-corrected chi connectivity index (χ4v) is 2.58. The van der Waals surface area contributed by atoms with E-state index in [1.54, 1.807) is 0 Å². The van der Waals surface area contributed by atoms with Crippen molar-refractivity contribution in [1.82, 2.24) is 4.90 Å². The number of likely N-dealkylation sites (tertiary alicyclic amines) is 1. The van der Waals surface area contributed by atoms with E-state index in [0.29, 0.717) is 13.1 Å². The Morgan fingerprint density at radius 3 is 2.75 bits per heavy atom. The van der Waals surface area contributed by atoms with Crippen LogP contribution in [0.2, 0.25) is 0 Å². The molecule has 2 atom stereocenters. The molecule has 1 aliphatic rings. The molecule has 5 nitrogen and oxygen atoms in total. The molecule has 0 saturated carbocycles. The van der Waals surface area contributed by atoms with Gasteiger partial charge < -0.3 is 20.7 Å². The van der Waals surface area contributed by atoms with Crippen LogP contribution in [0.5, 0.6) is 5.75 Å². The van der Waals surface area contributed by atoms with E-state index in [1.165, 1.54) is 0 Å². The highest BCUT2D eigenvalue weighted by atomic mass is 16.5. The summed E-state index contributed by atoms with van der Waals surface area (Å²) in [5.74, 6) is 0.737. The van der Waals surface area contributed by atoms with Gasteiger partial charge in [-0.1, -0.05) is 12.1 Å². The molecule has 0 spiro atoms. The Bertz CT molecular complexity index is 397. The van der Waals surface area contributed by atoms with E-state index in [2.05, 4.69) is 4.90 Å². The Kier molecular flexibility index (Phi) is 5.79. The van der Waals surface area contributed by atoms with Crippen LogP contribution in [0, 0.1) is 0 Å². The molecule has 0 radical (unpaired) electrons. The third kappa shape index (κ3) is 4.18. The first-order valence-corrected chi connectivity index (χ1v) is 7.17. The number of rotatable bonds is 7. The van der Waals surface area contributed by atoms with Crippen LogP contribution in [0.1, 0.15) is 18.4 Å². The molecular weight excluding hydrogens is 256 g/mol. The van der Waals surface area contributed by atoms with E-state index in [9.17, 15) is 10.2 Å².